The van der Waals surface area contributed by atoms with E-state index in [2.05, 4.69) is 30.6 Å². The molecule has 1 aliphatic rings. The van der Waals surface area contributed by atoms with E-state index in [4.69, 9.17) is 4.84 Å². The van der Waals surface area contributed by atoms with Crippen LogP contribution in [-0.4, -0.2) is 0 Å². The third-order valence-electron chi connectivity index (χ3n) is 2.39. The molecular formula is C11H12NO. The smallest absolute Gasteiger partial charge is 0.117 e. The van der Waals surface area contributed by atoms with Crippen molar-refractivity contribution >= 4 is 0 Å². The van der Waals surface area contributed by atoms with Crippen molar-refractivity contribution in [1.29, 1.82) is 0 Å². The molecule has 1 heterocycles. The van der Waals surface area contributed by atoms with Crippen LogP contribution in [-0.2, 0) is 10.4 Å². The summed E-state index contributed by atoms with van der Waals surface area (Å²) in [6, 6.07) is 10.2. The molecule has 0 aromatic heterocycles. The first kappa shape index (κ1) is 8.32. The van der Waals surface area contributed by atoms with Crippen LogP contribution < -0.4 is 5.48 Å². The Labute approximate surface area is 78.2 Å². The van der Waals surface area contributed by atoms with Crippen LogP contribution in [0.1, 0.15) is 18.9 Å². The van der Waals surface area contributed by atoms with Gasteiger partial charge in [0, 0.05) is 6.08 Å². The highest BCUT2D eigenvalue weighted by molar-refractivity contribution is 5.27. The highest BCUT2D eigenvalue weighted by atomic mass is 16.6. The number of rotatable bonds is 2. The maximum Gasteiger partial charge on any atom is 0.117 e. The molecule has 0 aliphatic carbocycles. The second-order valence-electron chi connectivity index (χ2n) is 3.11. The van der Waals surface area contributed by atoms with E-state index in [-0.39, 0.29) is 5.54 Å². The molecule has 1 aromatic carbocycles. The summed E-state index contributed by atoms with van der Waals surface area (Å²) in [6.07, 6.45) is 5.68. The van der Waals surface area contributed by atoms with E-state index >= 15 is 0 Å². The lowest BCUT2D eigenvalue weighted by molar-refractivity contribution is 0.0940. The average molecular weight is 174 g/mol. The molecule has 0 saturated heterocycles. The summed E-state index contributed by atoms with van der Waals surface area (Å²) >= 11 is 0. The van der Waals surface area contributed by atoms with Gasteiger partial charge in [-0.15, -0.1) is 5.48 Å². The molecule has 0 amide bonds. The van der Waals surface area contributed by atoms with E-state index in [9.17, 15) is 0 Å². The maximum absolute atomic E-state index is 5.02. The van der Waals surface area contributed by atoms with Crippen LogP contribution in [0.25, 0.3) is 0 Å². The van der Waals surface area contributed by atoms with Gasteiger partial charge < -0.3 is 4.84 Å². The predicted octanol–water partition coefficient (Wildman–Crippen LogP) is 2.14. The monoisotopic (exact) mass is 174 g/mol. The van der Waals surface area contributed by atoms with Crippen LogP contribution in [0.15, 0.2) is 36.6 Å². The molecule has 1 atom stereocenters. The molecule has 2 heteroatoms. The van der Waals surface area contributed by atoms with Crippen molar-refractivity contribution < 1.29 is 4.84 Å². The molecule has 1 aliphatic heterocycles. The summed E-state index contributed by atoms with van der Waals surface area (Å²) in [6.45, 7) is 2.11. The first-order valence-electron chi connectivity index (χ1n) is 4.45. The van der Waals surface area contributed by atoms with Crippen LogP contribution in [0.3, 0.4) is 0 Å². The molecule has 0 saturated carbocycles. The molecular weight excluding hydrogens is 162 g/mol. The number of hydrogen-bond donors (Lipinski definition) is 1. The summed E-state index contributed by atoms with van der Waals surface area (Å²) in [5.41, 5.74) is 3.91. The van der Waals surface area contributed by atoms with Gasteiger partial charge in [-0.25, -0.2) is 0 Å². The molecule has 67 valence electrons. The van der Waals surface area contributed by atoms with Gasteiger partial charge in [0.1, 0.15) is 11.8 Å². The molecule has 2 rings (SSSR count). The fourth-order valence-corrected chi connectivity index (χ4v) is 1.53. The Hall–Kier alpha value is -1.28. The van der Waals surface area contributed by atoms with Gasteiger partial charge in [-0.05, 0) is 12.0 Å². The van der Waals surface area contributed by atoms with Crippen LogP contribution >= 0.6 is 0 Å². The van der Waals surface area contributed by atoms with Crippen molar-refractivity contribution in [2.24, 2.45) is 0 Å². The first-order chi connectivity index (χ1) is 6.37. The molecule has 1 N–H and O–H groups in total. The molecule has 0 fully saturated rings. The van der Waals surface area contributed by atoms with Crippen molar-refractivity contribution in [2.75, 3.05) is 0 Å². The average Bonchev–Trinajstić information content (AvgIpc) is 2.69. The van der Waals surface area contributed by atoms with Crippen LogP contribution in [0.4, 0.5) is 0 Å². The minimum Gasteiger partial charge on any atom is -0.415 e. The van der Waals surface area contributed by atoms with E-state index in [0.29, 0.717) is 0 Å². The summed E-state index contributed by atoms with van der Waals surface area (Å²) in [7, 11) is 0. The Morgan fingerprint density at radius 2 is 2.15 bits per heavy atom. The van der Waals surface area contributed by atoms with Gasteiger partial charge in [-0.3, -0.25) is 0 Å². The molecule has 1 aromatic rings. The zero-order chi connectivity index (χ0) is 9.15. The quantitative estimate of drug-likeness (QED) is 0.741. The number of benzene rings is 1. The zero-order valence-electron chi connectivity index (χ0n) is 7.58. The normalized spacial score (nSPS) is 25.9. The van der Waals surface area contributed by atoms with Crippen molar-refractivity contribution in [2.45, 2.75) is 18.9 Å². The van der Waals surface area contributed by atoms with Gasteiger partial charge in [0.05, 0.1) is 0 Å². The summed E-state index contributed by atoms with van der Waals surface area (Å²) in [5, 5.41) is 0. The third kappa shape index (κ3) is 1.33. The molecule has 13 heavy (non-hydrogen) atoms. The summed E-state index contributed by atoms with van der Waals surface area (Å²) in [5.74, 6) is 0. The van der Waals surface area contributed by atoms with E-state index in [0.717, 1.165) is 6.42 Å². The second kappa shape index (κ2) is 3.23. The molecule has 2 nitrogen and oxygen atoms in total. The minimum atomic E-state index is -0.249. The Kier molecular flexibility index (Phi) is 2.07. The lowest BCUT2D eigenvalue weighted by Gasteiger charge is -2.24. The lowest BCUT2D eigenvalue weighted by Crippen LogP contribution is -2.35. The largest absolute Gasteiger partial charge is 0.415 e. The first-order valence-corrected chi connectivity index (χ1v) is 4.45. The SMILES string of the molecule is CCC1(c2ccccc2)[C]=CON1. The lowest BCUT2D eigenvalue weighted by atomic mass is 9.89. The van der Waals surface area contributed by atoms with Crippen molar-refractivity contribution in [3.05, 3.63) is 48.2 Å². The third-order valence-corrected chi connectivity index (χ3v) is 2.39. The van der Waals surface area contributed by atoms with Crippen molar-refractivity contribution in [1.82, 2.24) is 5.48 Å². The zero-order valence-corrected chi connectivity index (χ0v) is 7.58. The van der Waals surface area contributed by atoms with Gasteiger partial charge in [0.15, 0.2) is 0 Å². The number of hydroxylamine groups is 1. The van der Waals surface area contributed by atoms with Gasteiger partial charge in [0.25, 0.3) is 0 Å². The molecule has 0 bridgehead atoms. The van der Waals surface area contributed by atoms with Crippen LogP contribution in [0, 0.1) is 6.08 Å². The fourth-order valence-electron chi connectivity index (χ4n) is 1.53. The Balaban J connectivity index is 2.37. The maximum atomic E-state index is 5.02. The molecule has 1 unspecified atom stereocenters. The van der Waals surface area contributed by atoms with Crippen LogP contribution in [0.5, 0.6) is 0 Å². The van der Waals surface area contributed by atoms with E-state index in [1.807, 2.05) is 18.2 Å². The molecule has 0 spiro atoms. The Morgan fingerprint density at radius 3 is 2.69 bits per heavy atom. The fraction of sp³-hybridized carbons (Fsp3) is 0.273. The van der Waals surface area contributed by atoms with E-state index < -0.39 is 0 Å². The minimum absolute atomic E-state index is 0.249. The van der Waals surface area contributed by atoms with Crippen molar-refractivity contribution in [3.8, 4) is 0 Å². The second-order valence-corrected chi connectivity index (χ2v) is 3.11. The summed E-state index contributed by atoms with van der Waals surface area (Å²) in [4.78, 5) is 5.02. The Morgan fingerprint density at radius 1 is 1.38 bits per heavy atom. The topological polar surface area (TPSA) is 21.3 Å². The number of nitrogens with one attached hydrogen (secondary N) is 1. The highest BCUT2D eigenvalue weighted by Crippen LogP contribution is 2.28. The molecule has 1 radical (unpaired) electrons. The van der Waals surface area contributed by atoms with Gasteiger partial charge in [0.2, 0.25) is 0 Å². The van der Waals surface area contributed by atoms with Gasteiger partial charge in [-0.1, -0.05) is 37.3 Å². The standard InChI is InChI=1S/C11H12NO/c1-2-11(8-9-13-12-11)10-6-4-3-5-7-10/h3-7,9,12H,2H2,1H3. The number of hydrogen-bond acceptors (Lipinski definition) is 2. The Bertz CT molecular complexity index is 307. The van der Waals surface area contributed by atoms with E-state index in [1.165, 1.54) is 5.56 Å². The highest BCUT2D eigenvalue weighted by Gasteiger charge is 2.31. The predicted molar refractivity (Wildman–Crippen MR) is 50.4 cm³/mol. The summed E-state index contributed by atoms with van der Waals surface area (Å²) < 4.78 is 0. The van der Waals surface area contributed by atoms with Gasteiger partial charge in [-0.2, -0.15) is 0 Å². The van der Waals surface area contributed by atoms with Gasteiger partial charge >= 0.3 is 0 Å². The van der Waals surface area contributed by atoms with Crippen molar-refractivity contribution in [3.63, 3.8) is 0 Å². The van der Waals surface area contributed by atoms with Crippen LogP contribution in [0.2, 0.25) is 0 Å². The van der Waals surface area contributed by atoms with E-state index in [1.54, 1.807) is 6.26 Å².